The molecule has 1 aliphatic rings. The van der Waals surface area contributed by atoms with E-state index in [1.165, 1.54) is 12.1 Å². The zero-order valence-corrected chi connectivity index (χ0v) is 10.4. The lowest BCUT2D eigenvalue weighted by Crippen LogP contribution is -2.21. The molecule has 0 saturated heterocycles. The van der Waals surface area contributed by atoms with E-state index in [0.717, 1.165) is 0 Å². The molecule has 0 aromatic heterocycles. The minimum atomic E-state index is -0.199. The highest BCUT2D eigenvalue weighted by Crippen LogP contribution is 2.29. The number of carbonyl (C=O) groups is 2. The molecule has 2 aromatic carbocycles. The van der Waals surface area contributed by atoms with E-state index in [-0.39, 0.29) is 11.6 Å². The average molecular weight is 256 g/mol. The van der Waals surface area contributed by atoms with Gasteiger partial charge >= 0.3 is 0 Å². The van der Waals surface area contributed by atoms with Gasteiger partial charge < -0.3 is 0 Å². The first kappa shape index (κ1) is 12.0. The summed E-state index contributed by atoms with van der Waals surface area (Å²) >= 11 is 0. The number of hydrogen-bond donors (Lipinski definition) is 0. The van der Waals surface area contributed by atoms with Crippen molar-refractivity contribution >= 4 is 11.6 Å². The van der Waals surface area contributed by atoms with Crippen molar-refractivity contribution in [1.29, 1.82) is 0 Å². The van der Waals surface area contributed by atoms with Gasteiger partial charge in [0.2, 0.25) is 0 Å². The fourth-order valence-electron chi connectivity index (χ4n) is 2.38. The van der Waals surface area contributed by atoms with E-state index in [9.17, 15) is 9.59 Å². The van der Waals surface area contributed by atoms with Gasteiger partial charge in [-0.2, -0.15) is 0 Å². The Morgan fingerprint density at radius 2 is 1.10 bits per heavy atom. The van der Waals surface area contributed by atoms with Crippen LogP contribution in [0.4, 0.5) is 0 Å². The second-order valence-corrected chi connectivity index (χ2v) is 4.44. The maximum absolute atomic E-state index is 12.4. The Hall–Kier alpha value is -3.10. The van der Waals surface area contributed by atoms with Crippen LogP contribution < -0.4 is 0 Å². The van der Waals surface area contributed by atoms with Gasteiger partial charge in [-0.1, -0.05) is 36.1 Å². The monoisotopic (exact) mass is 256 g/mol. The number of rotatable bonds is 0. The van der Waals surface area contributed by atoms with E-state index in [2.05, 4.69) is 11.8 Å². The molecule has 0 bridgehead atoms. The van der Waals surface area contributed by atoms with Gasteiger partial charge in [-0.05, 0) is 12.1 Å². The van der Waals surface area contributed by atoms with E-state index in [0.29, 0.717) is 33.4 Å². The van der Waals surface area contributed by atoms with E-state index in [1.807, 2.05) is 0 Å². The van der Waals surface area contributed by atoms with Crippen LogP contribution in [0.15, 0.2) is 36.4 Å². The minimum absolute atomic E-state index is 0.199. The van der Waals surface area contributed by atoms with Crippen LogP contribution in [0.25, 0.3) is 0 Å². The molecule has 2 nitrogen and oxygen atoms in total. The summed E-state index contributed by atoms with van der Waals surface area (Å²) in [7, 11) is 0. The van der Waals surface area contributed by atoms with Gasteiger partial charge in [0.1, 0.15) is 0 Å². The molecular weight excluding hydrogens is 248 g/mol. The first-order chi connectivity index (χ1) is 9.67. The quantitative estimate of drug-likeness (QED) is 0.579. The lowest BCUT2D eigenvalue weighted by molar-refractivity contribution is 0.0979. The fourth-order valence-corrected chi connectivity index (χ4v) is 2.38. The molecule has 0 fully saturated rings. The summed E-state index contributed by atoms with van der Waals surface area (Å²) < 4.78 is 0. The molecule has 1 aliphatic carbocycles. The predicted octanol–water partition coefficient (Wildman–Crippen LogP) is 2.42. The number of carbonyl (C=O) groups excluding carboxylic acids is 2. The smallest absolute Gasteiger partial charge is 0.194 e. The first-order valence-electron chi connectivity index (χ1n) is 5.97. The summed E-state index contributed by atoms with van der Waals surface area (Å²) in [6.45, 7) is 0. The van der Waals surface area contributed by atoms with Crippen LogP contribution in [0.3, 0.4) is 0 Å². The normalized spacial score (nSPS) is 12.1. The van der Waals surface area contributed by atoms with E-state index >= 15 is 0 Å². The van der Waals surface area contributed by atoms with Crippen LogP contribution in [0.5, 0.6) is 0 Å². The second kappa shape index (κ2) is 4.23. The van der Waals surface area contributed by atoms with Gasteiger partial charge in [0.15, 0.2) is 11.6 Å². The molecule has 0 radical (unpaired) electrons. The van der Waals surface area contributed by atoms with Gasteiger partial charge in [-0.15, -0.1) is 12.8 Å². The molecule has 0 heterocycles. The van der Waals surface area contributed by atoms with Gasteiger partial charge in [0.25, 0.3) is 0 Å². The van der Waals surface area contributed by atoms with Crippen LogP contribution >= 0.6 is 0 Å². The fraction of sp³-hybridized carbons (Fsp3) is 0. The predicted molar refractivity (Wildman–Crippen MR) is 75.6 cm³/mol. The first-order valence-corrected chi connectivity index (χ1v) is 5.97. The number of benzene rings is 2. The molecule has 3 rings (SSSR count). The highest BCUT2D eigenvalue weighted by atomic mass is 16.1. The topological polar surface area (TPSA) is 34.1 Å². The van der Waals surface area contributed by atoms with Gasteiger partial charge in [-0.3, -0.25) is 9.59 Å². The van der Waals surface area contributed by atoms with E-state index < -0.39 is 0 Å². The largest absolute Gasteiger partial charge is 0.289 e. The van der Waals surface area contributed by atoms with Crippen molar-refractivity contribution < 1.29 is 9.59 Å². The third-order valence-corrected chi connectivity index (χ3v) is 3.37. The molecule has 2 heteroatoms. The highest BCUT2D eigenvalue weighted by molar-refractivity contribution is 6.28. The summed E-state index contributed by atoms with van der Waals surface area (Å²) in [6.07, 6.45) is 10.8. The van der Waals surface area contributed by atoms with Crippen molar-refractivity contribution in [2.75, 3.05) is 0 Å². The second-order valence-electron chi connectivity index (χ2n) is 4.44. The Balaban J connectivity index is 2.35. The van der Waals surface area contributed by atoms with Crippen LogP contribution in [0.1, 0.15) is 43.0 Å². The average Bonchev–Trinajstić information content (AvgIpc) is 2.51. The number of hydrogen-bond acceptors (Lipinski definition) is 2. The maximum atomic E-state index is 12.4. The van der Waals surface area contributed by atoms with Crippen molar-refractivity contribution in [3.8, 4) is 24.7 Å². The van der Waals surface area contributed by atoms with Gasteiger partial charge in [-0.25, -0.2) is 0 Å². The Labute approximate surface area is 116 Å². The van der Waals surface area contributed by atoms with E-state index in [4.69, 9.17) is 12.8 Å². The van der Waals surface area contributed by atoms with Crippen LogP contribution in [0.2, 0.25) is 0 Å². The van der Waals surface area contributed by atoms with Crippen LogP contribution in [-0.4, -0.2) is 11.6 Å². The molecule has 0 N–H and O–H groups in total. The molecular formula is C18H8O2. The Morgan fingerprint density at radius 1 is 0.700 bits per heavy atom. The zero-order valence-electron chi connectivity index (χ0n) is 10.4. The SMILES string of the molecule is C#Cc1cc2c(cc1C#C)C(=O)c1ccccc1C2=O. The van der Waals surface area contributed by atoms with Crippen molar-refractivity contribution in [1.82, 2.24) is 0 Å². The molecule has 0 spiro atoms. The summed E-state index contributed by atoms with van der Waals surface area (Å²) in [6, 6.07) is 9.80. The van der Waals surface area contributed by atoms with E-state index in [1.54, 1.807) is 24.3 Å². The van der Waals surface area contributed by atoms with Crippen LogP contribution in [-0.2, 0) is 0 Å². The third-order valence-electron chi connectivity index (χ3n) is 3.37. The Kier molecular flexibility index (Phi) is 2.53. The number of ketones is 2. The molecule has 0 unspecified atom stereocenters. The Morgan fingerprint density at radius 3 is 1.45 bits per heavy atom. The number of terminal acetylenes is 2. The summed E-state index contributed by atoms with van der Waals surface area (Å²) in [5.74, 6) is 4.50. The lowest BCUT2D eigenvalue weighted by Gasteiger charge is -2.18. The highest BCUT2D eigenvalue weighted by Gasteiger charge is 2.30. The molecule has 0 aliphatic heterocycles. The zero-order chi connectivity index (χ0) is 14.3. The van der Waals surface area contributed by atoms with Crippen LogP contribution in [0, 0.1) is 24.7 Å². The van der Waals surface area contributed by atoms with Crippen molar-refractivity contribution in [2.45, 2.75) is 0 Å². The molecule has 2 aromatic rings. The van der Waals surface area contributed by atoms with Crippen molar-refractivity contribution in [3.05, 3.63) is 69.8 Å². The maximum Gasteiger partial charge on any atom is 0.194 e. The molecule has 20 heavy (non-hydrogen) atoms. The van der Waals surface area contributed by atoms with Gasteiger partial charge in [0, 0.05) is 33.4 Å². The molecule has 0 atom stereocenters. The van der Waals surface area contributed by atoms with Crippen molar-refractivity contribution in [3.63, 3.8) is 0 Å². The van der Waals surface area contributed by atoms with Gasteiger partial charge in [0.05, 0.1) is 0 Å². The minimum Gasteiger partial charge on any atom is -0.289 e. The standard InChI is InChI=1S/C18H8O2/c1-3-11-9-15-16(10-12(11)4-2)18(20)14-8-6-5-7-13(14)17(15)19/h1-2,5-10H. The molecule has 92 valence electrons. The Bertz CT molecular complexity index is 786. The lowest BCUT2D eigenvalue weighted by atomic mass is 9.82. The molecule has 0 amide bonds. The van der Waals surface area contributed by atoms with Crippen molar-refractivity contribution in [2.24, 2.45) is 0 Å². The molecule has 0 saturated carbocycles. The third kappa shape index (κ3) is 1.49. The summed E-state index contributed by atoms with van der Waals surface area (Å²) in [5.41, 5.74) is 2.35. The summed E-state index contributed by atoms with van der Waals surface area (Å²) in [5, 5.41) is 0. The summed E-state index contributed by atoms with van der Waals surface area (Å²) in [4.78, 5) is 24.9. The number of fused-ring (bicyclic) bond motifs is 2.